The van der Waals surface area contributed by atoms with E-state index < -0.39 is 11.7 Å². The number of likely N-dealkylation sites (tertiary alicyclic amines) is 1. The first kappa shape index (κ1) is 20.8. The normalized spacial score (nSPS) is 18.5. The number of rotatable bonds is 7. The monoisotopic (exact) mass is 400 g/mol. The lowest BCUT2D eigenvalue weighted by Gasteiger charge is -2.18. The molecule has 0 bridgehead atoms. The number of ether oxygens (including phenoxy) is 2. The predicted molar refractivity (Wildman–Crippen MR) is 106 cm³/mol. The molecule has 1 aliphatic heterocycles. The van der Waals surface area contributed by atoms with Gasteiger partial charge in [-0.2, -0.15) is 0 Å². The number of halogens is 1. The second kappa shape index (κ2) is 9.52. The van der Waals surface area contributed by atoms with Crippen molar-refractivity contribution in [3.05, 3.63) is 65.5 Å². The highest BCUT2D eigenvalue weighted by molar-refractivity contribution is 5.95. The standard InChI is InChI=1S/C22H25FN2O4/c1-28-11-10-24-21(26)20-14-25(22(27)15-6-8-17(23)9-7-15)13-19(20)16-4-3-5-18(12-16)29-2/h3-9,12,19-20H,10-11,13-14H2,1-2H3,(H,24,26)/t19-,20+/m1/s1. The molecule has 6 nitrogen and oxygen atoms in total. The highest BCUT2D eigenvalue weighted by Crippen LogP contribution is 2.35. The summed E-state index contributed by atoms with van der Waals surface area (Å²) in [6.45, 7) is 1.51. The maximum absolute atomic E-state index is 13.2. The van der Waals surface area contributed by atoms with Crippen molar-refractivity contribution in [2.45, 2.75) is 5.92 Å². The Labute approximate surface area is 169 Å². The molecule has 7 heteroatoms. The van der Waals surface area contributed by atoms with Crippen molar-refractivity contribution in [3.8, 4) is 5.75 Å². The fourth-order valence-electron chi connectivity index (χ4n) is 3.63. The zero-order chi connectivity index (χ0) is 20.8. The van der Waals surface area contributed by atoms with Gasteiger partial charge in [0.2, 0.25) is 5.91 Å². The Bertz CT molecular complexity index is 856. The third kappa shape index (κ3) is 4.92. The molecule has 0 saturated carbocycles. The van der Waals surface area contributed by atoms with E-state index in [1.807, 2.05) is 24.3 Å². The van der Waals surface area contributed by atoms with Crippen LogP contribution in [0.25, 0.3) is 0 Å². The third-order valence-corrected chi connectivity index (χ3v) is 5.16. The second-order valence-corrected chi connectivity index (χ2v) is 6.99. The molecule has 2 amide bonds. The van der Waals surface area contributed by atoms with Crippen molar-refractivity contribution in [3.63, 3.8) is 0 Å². The van der Waals surface area contributed by atoms with Gasteiger partial charge in [0.25, 0.3) is 5.91 Å². The minimum atomic E-state index is -0.400. The Morgan fingerprint density at radius 3 is 2.59 bits per heavy atom. The Hall–Kier alpha value is -2.93. The van der Waals surface area contributed by atoms with Crippen molar-refractivity contribution in [1.29, 1.82) is 0 Å². The predicted octanol–water partition coefficient (Wildman–Crippen LogP) is 2.45. The van der Waals surface area contributed by atoms with Crippen LogP contribution in [0.5, 0.6) is 5.75 Å². The van der Waals surface area contributed by atoms with Gasteiger partial charge in [0, 0.05) is 38.2 Å². The van der Waals surface area contributed by atoms with Gasteiger partial charge < -0.3 is 19.7 Å². The van der Waals surface area contributed by atoms with E-state index in [9.17, 15) is 14.0 Å². The van der Waals surface area contributed by atoms with Gasteiger partial charge in [0.15, 0.2) is 0 Å². The lowest BCUT2D eigenvalue weighted by molar-refractivity contribution is -0.125. The lowest BCUT2D eigenvalue weighted by Crippen LogP contribution is -2.37. The van der Waals surface area contributed by atoms with Crippen LogP contribution in [0.15, 0.2) is 48.5 Å². The number of benzene rings is 2. The van der Waals surface area contributed by atoms with E-state index in [1.54, 1.807) is 19.1 Å². The number of carbonyl (C=O) groups is 2. The van der Waals surface area contributed by atoms with E-state index in [1.165, 1.54) is 24.3 Å². The molecule has 154 valence electrons. The summed E-state index contributed by atoms with van der Waals surface area (Å²) in [5.74, 6) is -0.605. The van der Waals surface area contributed by atoms with Crippen molar-refractivity contribution in [2.75, 3.05) is 40.5 Å². The topological polar surface area (TPSA) is 67.9 Å². The molecular formula is C22H25FN2O4. The molecule has 0 spiro atoms. The van der Waals surface area contributed by atoms with Gasteiger partial charge in [-0.3, -0.25) is 9.59 Å². The van der Waals surface area contributed by atoms with Crippen LogP contribution in [0.1, 0.15) is 21.8 Å². The molecule has 2 atom stereocenters. The van der Waals surface area contributed by atoms with Gasteiger partial charge in [0.1, 0.15) is 11.6 Å². The lowest BCUT2D eigenvalue weighted by atomic mass is 9.88. The first-order chi connectivity index (χ1) is 14.0. The summed E-state index contributed by atoms with van der Waals surface area (Å²) in [7, 11) is 3.16. The minimum Gasteiger partial charge on any atom is -0.497 e. The van der Waals surface area contributed by atoms with Gasteiger partial charge >= 0.3 is 0 Å². The SMILES string of the molecule is COCCNC(=O)[C@H]1CN(C(=O)c2ccc(F)cc2)C[C@@H]1c1cccc(OC)c1. The third-order valence-electron chi connectivity index (χ3n) is 5.16. The maximum atomic E-state index is 13.2. The van der Waals surface area contributed by atoms with Gasteiger partial charge in [-0.1, -0.05) is 12.1 Å². The van der Waals surface area contributed by atoms with E-state index in [4.69, 9.17) is 9.47 Å². The summed E-state index contributed by atoms with van der Waals surface area (Å²) in [4.78, 5) is 27.4. The molecule has 1 heterocycles. The molecule has 0 aliphatic carbocycles. The zero-order valence-corrected chi connectivity index (χ0v) is 16.6. The van der Waals surface area contributed by atoms with Crippen LogP contribution in [0.3, 0.4) is 0 Å². The first-order valence-electron chi connectivity index (χ1n) is 9.49. The molecule has 29 heavy (non-hydrogen) atoms. The Kier molecular flexibility index (Phi) is 6.82. The largest absolute Gasteiger partial charge is 0.497 e. The number of nitrogens with one attached hydrogen (secondary N) is 1. The molecule has 0 aromatic heterocycles. The van der Waals surface area contributed by atoms with Crippen molar-refractivity contribution in [2.24, 2.45) is 5.92 Å². The zero-order valence-electron chi connectivity index (χ0n) is 16.6. The number of hydrogen-bond donors (Lipinski definition) is 1. The summed E-state index contributed by atoms with van der Waals surface area (Å²) >= 11 is 0. The molecule has 3 rings (SSSR count). The summed E-state index contributed by atoms with van der Waals surface area (Å²) in [5, 5.41) is 2.88. The Morgan fingerprint density at radius 1 is 1.14 bits per heavy atom. The molecular weight excluding hydrogens is 375 g/mol. The molecule has 0 radical (unpaired) electrons. The van der Waals surface area contributed by atoms with Gasteiger partial charge in [0.05, 0.1) is 19.6 Å². The summed E-state index contributed by atoms with van der Waals surface area (Å²) in [5.41, 5.74) is 1.34. The molecule has 1 aliphatic rings. The fraction of sp³-hybridized carbons (Fsp3) is 0.364. The number of nitrogens with zero attached hydrogens (tertiary/aromatic N) is 1. The van der Waals surface area contributed by atoms with Crippen molar-refractivity contribution < 1.29 is 23.5 Å². The minimum absolute atomic E-state index is 0.121. The fourth-order valence-corrected chi connectivity index (χ4v) is 3.63. The van der Waals surface area contributed by atoms with Gasteiger partial charge in [-0.25, -0.2) is 4.39 Å². The van der Waals surface area contributed by atoms with Crippen LogP contribution in [0.4, 0.5) is 4.39 Å². The quantitative estimate of drug-likeness (QED) is 0.725. The average Bonchev–Trinajstić information content (AvgIpc) is 3.19. The van der Waals surface area contributed by atoms with E-state index in [0.717, 1.165) is 5.56 Å². The highest BCUT2D eigenvalue weighted by atomic mass is 19.1. The highest BCUT2D eigenvalue weighted by Gasteiger charge is 2.40. The summed E-state index contributed by atoms with van der Waals surface area (Å²) < 4.78 is 23.5. The Balaban J connectivity index is 1.83. The van der Waals surface area contributed by atoms with Crippen molar-refractivity contribution in [1.82, 2.24) is 10.2 Å². The number of carbonyl (C=O) groups excluding carboxylic acids is 2. The van der Waals surface area contributed by atoms with E-state index >= 15 is 0 Å². The van der Waals surface area contributed by atoms with Crippen molar-refractivity contribution >= 4 is 11.8 Å². The Morgan fingerprint density at radius 2 is 1.90 bits per heavy atom. The van der Waals surface area contributed by atoms with Gasteiger partial charge in [-0.15, -0.1) is 0 Å². The van der Waals surface area contributed by atoms with Crippen LogP contribution in [0.2, 0.25) is 0 Å². The molecule has 2 aromatic carbocycles. The van der Waals surface area contributed by atoms with Crippen LogP contribution in [-0.2, 0) is 9.53 Å². The maximum Gasteiger partial charge on any atom is 0.253 e. The first-order valence-corrected chi connectivity index (χ1v) is 9.49. The smallest absolute Gasteiger partial charge is 0.253 e. The van der Waals surface area contributed by atoms with Crippen LogP contribution in [0, 0.1) is 11.7 Å². The molecule has 0 unspecified atom stereocenters. The summed E-state index contributed by atoms with van der Waals surface area (Å²) in [6.07, 6.45) is 0. The molecule has 1 N–H and O–H groups in total. The molecule has 1 saturated heterocycles. The van der Waals surface area contributed by atoms with Gasteiger partial charge in [-0.05, 0) is 42.0 Å². The van der Waals surface area contributed by atoms with E-state index in [-0.39, 0.29) is 24.3 Å². The van der Waals surface area contributed by atoms with Crippen LogP contribution < -0.4 is 10.1 Å². The van der Waals surface area contributed by atoms with Crippen LogP contribution >= 0.6 is 0 Å². The average molecular weight is 400 g/mol. The summed E-state index contributed by atoms with van der Waals surface area (Å²) in [6, 6.07) is 13.0. The van der Waals surface area contributed by atoms with E-state index in [2.05, 4.69) is 5.32 Å². The number of amides is 2. The number of methoxy groups -OCH3 is 2. The molecule has 2 aromatic rings. The second-order valence-electron chi connectivity index (χ2n) is 6.99. The number of hydrogen-bond acceptors (Lipinski definition) is 4. The van der Waals surface area contributed by atoms with Crippen LogP contribution in [-0.4, -0.2) is 57.2 Å². The molecule has 1 fully saturated rings. The van der Waals surface area contributed by atoms with E-state index in [0.29, 0.717) is 31.0 Å².